The van der Waals surface area contributed by atoms with Gasteiger partial charge in [0.2, 0.25) is 5.91 Å². The van der Waals surface area contributed by atoms with E-state index in [9.17, 15) is 9.59 Å². The van der Waals surface area contributed by atoms with Crippen molar-refractivity contribution in [3.63, 3.8) is 0 Å². The quantitative estimate of drug-likeness (QED) is 0.305. The fourth-order valence-electron chi connectivity index (χ4n) is 3.46. The number of hydrogen-bond acceptors (Lipinski definition) is 2. The van der Waals surface area contributed by atoms with Gasteiger partial charge in [-0.1, -0.05) is 78.4 Å². The van der Waals surface area contributed by atoms with Crippen LogP contribution >= 0.6 is 0 Å². The van der Waals surface area contributed by atoms with Gasteiger partial charge in [-0.2, -0.15) is 0 Å². The summed E-state index contributed by atoms with van der Waals surface area (Å²) in [5.74, 6) is 1.35. The first-order chi connectivity index (χ1) is 15.3. The molecule has 0 aliphatic heterocycles. The Bertz CT molecular complexity index is 646. The minimum Gasteiger partial charge on any atom is -0.356 e. The van der Waals surface area contributed by atoms with Crippen LogP contribution in [0.2, 0.25) is 0 Å². The lowest BCUT2D eigenvalue weighted by Crippen LogP contribution is -2.33. The van der Waals surface area contributed by atoms with E-state index in [-0.39, 0.29) is 11.9 Å². The second kappa shape index (κ2) is 18.5. The zero-order valence-corrected chi connectivity index (χ0v) is 21.8. The molecule has 1 rings (SSSR count). The van der Waals surface area contributed by atoms with E-state index in [4.69, 9.17) is 0 Å². The van der Waals surface area contributed by atoms with Gasteiger partial charge in [0.1, 0.15) is 0 Å². The number of carbonyl (C=O) groups is 2. The molecule has 0 saturated heterocycles. The van der Waals surface area contributed by atoms with E-state index < -0.39 is 0 Å². The van der Waals surface area contributed by atoms with E-state index >= 15 is 0 Å². The van der Waals surface area contributed by atoms with Crippen molar-refractivity contribution >= 4 is 17.6 Å². The van der Waals surface area contributed by atoms with Crippen molar-refractivity contribution in [2.24, 2.45) is 11.8 Å². The van der Waals surface area contributed by atoms with Gasteiger partial charge in [0.15, 0.2) is 0 Å². The summed E-state index contributed by atoms with van der Waals surface area (Å²) < 4.78 is 0. The number of aryl methyl sites for hydroxylation is 1. The van der Waals surface area contributed by atoms with Crippen molar-refractivity contribution in [3.05, 3.63) is 29.3 Å². The third-order valence-electron chi connectivity index (χ3n) is 6.13. The van der Waals surface area contributed by atoms with Gasteiger partial charge in [0.25, 0.3) is 0 Å². The molecule has 0 saturated carbocycles. The number of urea groups is 1. The van der Waals surface area contributed by atoms with Gasteiger partial charge in [-0.3, -0.25) is 4.79 Å². The molecular formula is C27H49N3O2. The average molecular weight is 448 g/mol. The van der Waals surface area contributed by atoms with Gasteiger partial charge in [0.05, 0.1) is 0 Å². The predicted molar refractivity (Wildman–Crippen MR) is 138 cm³/mol. The van der Waals surface area contributed by atoms with Crippen molar-refractivity contribution in [1.29, 1.82) is 0 Å². The normalized spacial score (nSPS) is 12.2. The highest BCUT2D eigenvalue weighted by Crippen LogP contribution is 2.18. The Hall–Kier alpha value is -2.04. The predicted octanol–water partition coefficient (Wildman–Crippen LogP) is 6.98. The third kappa shape index (κ3) is 14.1. The Labute approximate surface area is 197 Å². The Morgan fingerprint density at radius 3 is 1.84 bits per heavy atom. The van der Waals surface area contributed by atoms with E-state index in [0.717, 1.165) is 30.8 Å². The monoisotopic (exact) mass is 447 g/mol. The maximum Gasteiger partial charge on any atom is 0.319 e. The number of nitrogens with one attached hydrogen (secondary N) is 3. The summed E-state index contributed by atoms with van der Waals surface area (Å²) >= 11 is 0. The maximum absolute atomic E-state index is 11.9. The van der Waals surface area contributed by atoms with Crippen LogP contribution < -0.4 is 16.0 Å². The number of unbranched alkanes of at least 4 members (excludes halogenated alkanes) is 2. The summed E-state index contributed by atoms with van der Waals surface area (Å²) in [7, 11) is 0. The van der Waals surface area contributed by atoms with Crippen molar-refractivity contribution in [1.82, 2.24) is 10.6 Å². The van der Waals surface area contributed by atoms with Gasteiger partial charge < -0.3 is 16.0 Å². The summed E-state index contributed by atoms with van der Waals surface area (Å²) in [6.07, 6.45) is 9.69. The minimum absolute atomic E-state index is 0.0879. The molecule has 0 aromatic heterocycles. The molecule has 3 N–H and O–H groups in total. The molecule has 5 heteroatoms. The molecule has 3 amide bonds. The highest BCUT2D eigenvalue weighted by atomic mass is 16.2. The molecule has 0 aliphatic carbocycles. The minimum atomic E-state index is -0.103. The highest BCUT2D eigenvalue weighted by molar-refractivity contribution is 5.90. The summed E-state index contributed by atoms with van der Waals surface area (Å²) in [6, 6.07) is 5.86. The maximum atomic E-state index is 11.9. The standard InChI is InChI=1S/C17H28N2O.C10H21NO/c1-5-7-10-15(6-2)12-18-17(20)19-16-11-8-9-13(3)14(16)4;1-4-6-7-10(5-2)8-11-9(3)12/h8-9,11,15H,5-7,10,12H2,1-4H3,(H2,18,19,20);10H,4-8H2,1-3H3,(H,11,12). The second-order valence-electron chi connectivity index (χ2n) is 8.85. The lowest BCUT2D eigenvalue weighted by molar-refractivity contribution is -0.119. The summed E-state index contributed by atoms with van der Waals surface area (Å²) in [5, 5.41) is 8.79. The van der Waals surface area contributed by atoms with E-state index in [1.165, 1.54) is 50.5 Å². The van der Waals surface area contributed by atoms with Gasteiger partial charge in [-0.05, 0) is 55.7 Å². The molecule has 0 bridgehead atoms. The first-order valence-corrected chi connectivity index (χ1v) is 12.6. The summed E-state index contributed by atoms with van der Waals surface area (Å²) in [4.78, 5) is 22.6. The number of anilines is 1. The molecule has 2 atom stereocenters. The van der Waals surface area contributed by atoms with Crippen molar-refractivity contribution in [2.45, 2.75) is 99.8 Å². The van der Waals surface area contributed by atoms with Crippen LogP contribution in [0.5, 0.6) is 0 Å². The van der Waals surface area contributed by atoms with Crippen LogP contribution in [0.4, 0.5) is 10.5 Å². The topological polar surface area (TPSA) is 70.2 Å². The number of hydrogen-bond donors (Lipinski definition) is 3. The summed E-state index contributed by atoms with van der Waals surface area (Å²) in [6.45, 7) is 16.0. The molecule has 1 aromatic carbocycles. The van der Waals surface area contributed by atoms with Crippen LogP contribution in [0.3, 0.4) is 0 Å². The van der Waals surface area contributed by atoms with Gasteiger partial charge in [0, 0.05) is 25.7 Å². The van der Waals surface area contributed by atoms with E-state index in [2.05, 4.69) is 56.6 Å². The molecule has 0 radical (unpaired) electrons. The Kier molecular flexibility index (Phi) is 17.3. The first-order valence-electron chi connectivity index (χ1n) is 12.6. The van der Waals surface area contributed by atoms with E-state index in [1.54, 1.807) is 6.92 Å². The van der Waals surface area contributed by atoms with E-state index in [1.807, 2.05) is 19.1 Å². The van der Waals surface area contributed by atoms with Crippen LogP contribution in [-0.2, 0) is 4.79 Å². The average Bonchev–Trinajstić information content (AvgIpc) is 2.77. The van der Waals surface area contributed by atoms with Gasteiger partial charge >= 0.3 is 6.03 Å². The van der Waals surface area contributed by atoms with Gasteiger partial charge in [-0.15, -0.1) is 0 Å². The molecule has 5 nitrogen and oxygen atoms in total. The number of amides is 3. The Morgan fingerprint density at radius 2 is 1.38 bits per heavy atom. The SMILES string of the molecule is CCCCC(CC)CNC(=O)Nc1cccc(C)c1C.CCCCC(CC)CNC(C)=O. The van der Waals surface area contributed by atoms with Crippen LogP contribution in [-0.4, -0.2) is 25.0 Å². The third-order valence-corrected chi connectivity index (χ3v) is 6.13. The zero-order valence-electron chi connectivity index (χ0n) is 21.8. The second-order valence-corrected chi connectivity index (χ2v) is 8.85. The fourth-order valence-corrected chi connectivity index (χ4v) is 3.46. The van der Waals surface area contributed by atoms with E-state index in [0.29, 0.717) is 11.8 Å². The smallest absolute Gasteiger partial charge is 0.319 e. The highest BCUT2D eigenvalue weighted by Gasteiger charge is 2.09. The van der Waals surface area contributed by atoms with Crippen LogP contribution in [0.15, 0.2) is 18.2 Å². The van der Waals surface area contributed by atoms with Crippen LogP contribution in [0, 0.1) is 25.7 Å². The van der Waals surface area contributed by atoms with Crippen LogP contribution in [0.25, 0.3) is 0 Å². The number of carbonyl (C=O) groups excluding carboxylic acids is 2. The first kappa shape index (κ1) is 30.0. The lowest BCUT2D eigenvalue weighted by Gasteiger charge is -2.16. The molecule has 0 aliphatic rings. The molecule has 0 heterocycles. The molecule has 0 spiro atoms. The lowest BCUT2D eigenvalue weighted by atomic mass is 9.99. The van der Waals surface area contributed by atoms with Crippen molar-refractivity contribution in [2.75, 3.05) is 18.4 Å². The summed E-state index contributed by atoms with van der Waals surface area (Å²) in [5.41, 5.74) is 3.21. The van der Waals surface area contributed by atoms with Gasteiger partial charge in [-0.25, -0.2) is 4.79 Å². The molecule has 32 heavy (non-hydrogen) atoms. The van der Waals surface area contributed by atoms with Crippen LogP contribution in [0.1, 0.15) is 97.1 Å². The Balaban J connectivity index is 0.000000687. The largest absolute Gasteiger partial charge is 0.356 e. The molecule has 0 fully saturated rings. The molecule has 1 aromatic rings. The molecule has 184 valence electrons. The van der Waals surface area contributed by atoms with Crippen molar-refractivity contribution in [3.8, 4) is 0 Å². The number of benzene rings is 1. The molecule has 2 unspecified atom stereocenters. The Morgan fingerprint density at radius 1 is 0.844 bits per heavy atom. The van der Waals surface area contributed by atoms with Crippen molar-refractivity contribution < 1.29 is 9.59 Å². The number of rotatable bonds is 13. The fraction of sp³-hybridized carbons (Fsp3) is 0.704. The zero-order chi connectivity index (χ0) is 24.4. The molecular weight excluding hydrogens is 398 g/mol.